The summed E-state index contributed by atoms with van der Waals surface area (Å²) >= 11 is 1.66. The smallest absolute Gasteiger partial charge is 0.261 e. The summed E-state index contributed by atoms with van der Waals surface area (Å²) in [7, 11) is 0. The fourth-order valence-corrected chi connectivity index (χ4v) is 4.29. The van der Waals surface area contributed by atoms with Gasteiger partial charge in [-0.1, -0.05) is 48.0 Å². The Kier molecular flexibility index (Phi) is 5.74. The lowest BCUT2D eigenvalue weighted by Crippen LogP contribution is -2.34. The number of thiophene rings is 1. The van der Waals surface area contributed by atoms with E-state index in [0.29, 0.717) is 23.3 Å². The molecule has 0 bridgehead atoms. The van der Waals surface area contributed by atoms with Crippen molar-refractivity contribution >= 4 is 28.1 Å². The monoisotopic (exact) mass is 418 g/mol. The summed E-state index contributed by atoms with van der Waals surface area (Å²) in [6.45, 7) is 2.16. The molecule has 1 atom stereocenters. The van der Waals surface area contributed by atoms with Crippen LogP contribution in [0.25, 0.3) is 10.9 Å². The highest BCUT2D eigenvalue weighted by atomic mass is 32.1. The van der Waals surface area contributed by atoms with Gasteiger partial charge in [0, 0.05) is 4.88 Å². The van der Waals surface area contributed by atoms with E-state index in [4.69, 9.17) is 5.73 Å². The van der Waals surface area contributed by atoms with E-state index in [2.05, 4.69) is 47.6 Å². The molecule has 2 aromatic heterocycles. The molecule has 0 unspecified atom stereocenters. The largest absolute Gasteiger partial charge is 0.368 e. The van der Waals surface area contributed by atoms with Crippen molar-refractivity contribution < 1.29 is 4.79 Å². The van der Waals surface area contributed by atoms with Crippen LogP contribution >= 0.6 is 11.3 Å². The molecule has 0 saturated heterocycles. The Morgan fingerprint density at radius 2 is 1.90 bits per heavy atom. The van der Waals surface area contributed by atoms with Crippen molar-refractivity contribution in [2.45, 2.75) is 26.1 Å². The molecule has 7 heteroatoms. The average molecular weight is 419 g/mol. The average Bonchev–Trinajstić information content (AvgIpc) is 3.26. The standard InChI is InChI=1S/C23H22N4O2S/c1-15-8-10-16(11-9-15)22(19-7-4-12-30-19)25-13-21-26-18-6-3-2-5-17(18)23(29)27(21)14-20(24)28/h2-12,22,25H,13-14H2,1H3,(H2,24,28)/t22-/m1/s1. The number of rotatable bonds is 7. The van der Waals surface area contributed by atoms with Crippen LogP contribution in [0.3, 0.4) is 0 Å². The molecule has 0 radical (unpaired) electrons. The first kappa shape index (κ1) is 20.0. The minimum absolute atomic E-state index is 0.0593. The van der Waals surface area contributed by atoms with E-state index in [1.165, 1.54) is 10.1 Å². The van der Waals surface area contributed by atoms with Gasteiger partial charge in [0.2, 0.25) is 5.91 Å². The first-order valence-corrected chi connectivity index (χ1v) is 10.5. The number of carbonyl (C=O) groups excluding carboxylic acids is 1. The van der Waals surface area contributed by atoms with E-state index in [0.717, 1.165) is 10.4 Å². The van der Waals surface area contributed by atoms with Crippen molar-refractivity contribution in [2.24, 2.45) is 5.73 Å². The molecule has 4 rings (SSSR count). The number of nitrogens with zero attached hydrogens (tertiary/aromatic N) is 2. The van der Waals surface area contributed by atoms with E-state index >= 15 is 0 Å². The molecule has 1 amide bonds. The van der Waals surface area contributed by atoms with Gasteiger partial charge in [-0.25, -0.2) is 4.98 Å². The van der Waals surface area contributed by atoms with Gasteiger partial charge in [-0.15, -0.1) is 11.3 Å². The SMILES string of the molecule is Cc1ccc([C@@H](NCc2nc3ccccc3c(=O)n2CC(N)=O)c2cccs2)cc1. The zero-order chi connectivity index (χ0) is 21.1. The van der Waals surface area contributed by atoms with E-state index < -0.39 is 5.91 Å². The van der Waals surface area contributed by atoms with Crippen LogP contribution in [0, 0.1) is 6.92 Å². The lowest BCUT2D eigenvalue weighted by Gasteiger charge is -2.20. The maximum atomic E-state index is 13.0. The number of hydrogen-bond donors (Lipinski definition) is 2. The predicted octanol–water partition coefficient (Wildman–Crippen LogP) is 3.13. The number of nitrogens with one attached hydrogen (secondary N) is 1. The predicted molar refractivity (Wildman–Crippen MR) is 119 cm³/mol. The number of fused-ring (bicyclic) bond motifs is 1. The molecule has 0 saturated carbocycles. The quantitative estimate of drug-likeness (QED) is 0.482. The molecule has 0 aliphatic carbocycles. The summed E-state index contributed by atoms with van der Waals surface area (Å²) in [6.07, 6.45) is 0. The second kappa shape index (κ2) is 8.61. The van der Waals surface area contributed by atoms with Crippen molar-refractivity contribution in [2.75, 3.05) is 0 Å². The summed E-state index contributed by atoms with van der Waals surface area (Å²) < 4.78 is 1.36. The fraction of sp³-hybridized carbons (Fsp3) is 0.174. The van der Waals surface area contributed by atoms with Gasteiger partial charge in [0.1, 0.15) is 12.4 Å². The number of para-hydroxylation sites is 1. The molecule has 6 nitrogen and oxygen atoms in total. The highest BCUT2D eigenvalue weighted by Gasteiger charge is 2.18. The van der Waals surface area contributed by atoms with Crippen LogP contribution in [0.2, 0.25) is 0 Å². The summed E-state index contributed by atoms with van der Waals surface area (Å²) in [4.78, 5) is 30.4. The van der Waals surface area contributed by atoms with Crippen molar-refractivity contribution in [3.8, 4) is 0 Å². The van der Waals surface area contributed by atoms with Gasteiger partial charge in [-0.05, 0) is 36.1 Å². The van der Waals surface area contributed by atoms with Crippen molar-refractivity contribution in [3.63, 3.8) is 0 Å². The lowest BCUT2D eigenvalue weighted by atomic mass is 10.0. The van der Waals surface area contributed by atoms with Gasteiger partial charge >= 0.3 is 0 Å². The normalized spacial score (nSPS) is 12.2. The second-order valence-electron chi connectivity index (χ2n) is 7.14. The van der Waals surface area contributed by atoms with Gasteiger partial charge in [0.15, 0.2) is 0 Å². The van der Waals surface area contributed by atoms with Crippen LogP contribution < -0.4 is 16.6 Å². The van der Waals surface area contributed by atoms with E-state index in [1.807, 2.05) is 17.5 Å². The topological polar surface area (TPSA) is 90.0 Å². The molecule has 152 valence electrons. The highest BCUT2D eigenvalue weighted by molar-refractivity contribution is 7.10. The summed E-state index contributed by atoms with van der Waals surface area (Å²) in [5, 5.41) is 6.02. The Labute approximate surface area is 178 Å². The molecule has 30 heavy (non-hydrogen) atoms. The molecule has 0 spiro atoms. The number of carbonyl (C=O) groups is 1. The Balaban J connectivity index is 1.72. The Hall–Kier alpha value is -3.29. The molecule has 0 aliphatic rings. The Morgan fingerprint density at radius 1 is 1.13 bits per heavy atom. The zero-order valence-electron chi connectivity index (χ0n) is 16.5. The Morgan fingerprint density at radius 3 is 2.60 bits per heavy atom. The number of aryl methyl sites for hydroxylation is 1. The van der Waals surface area contributed by atoms with E-state index in [-0.39, 0.29) is 18.1 Å². The first-order chi connectivity index (χ1) is 14.5. The van der Waals surface area contributed by atoms with Crippen LogP contribution in [-0.4, -0.2) is 15.5 Å². The first-order valence-electron chi connectivity index (χ1n) is 9.63. The molecule has 2 heterocycles. The van der Waals surface area contributed by atoms with Crippen molar-refractivity contribution in [3.05, 3.63) is 98.2 Å². The molecular formula is C23H22N4O2S. The lowest BCUT2D eigenvalue weighted by molar-refractivity contribution is -0.118. The molecule has 0 fully saturated rings. The van der Waals surface area contributed by atoms with Gasteiger partial charge in [0.05, 0.1) is 23.5 Å². The number of nitrogens with two attached hydrogens (primary N) is 1. The highest BCUT2D eigenvalue weighted by Crippen LogP contribution is 2.26. The van der Waals surface area contributed by atoms with Gasteiger partial charge < -0.3 is 5.73 Å². The van der Waals surface area contributed by atoms with E-state index in [1.54, 1.807) is 29.5 Å². The molecule has 2 aromatic carbocycles. The summed E-state index contributed by atoms with van der Waals surface area (Å²) in [5.41, 5.74) is 8.04. The number of aromatic nitrogens is 2. The Bertz CT molecular complexity index is 1230. The van der Waals surface area contributed by atoms with E-state index in [9.17, 15) is 9.59 Å². The number of benzene rings is 2. The fourth-order valence-electron chi connectivity index (χ4n) is 3.46. The third-order valence-electron chi connectivity index (χ3n) is 4.96. The second-order valence-corrected chi connectivity index (χ2v) is 8.12. The minimum atomic E-state index is -0.580. The van der Waals surface area contributed by atoms with Gasteiger partial charge in [-0.3, -0.25) is 19.5 Å². The third-order valence-corrected chi connectivity index (χ3v) is 5.89. The molecular weight excluding hydrogens is 396 g/mol. The maximum Gasteiger partial charge on any atom is 0.261 e. The molecule has 3 N–H and O–H groups in total. The number of hydrogen-bond acceptors (Lipinski definition) is 5. The van der Waals surface area contributed by atoms with Crippen LogP contribution in [0.4, 0.5) is 0 Å². The number of primary amides is 1. The zero-order valence-corrected chi connectivity index (χ0v) is 17.4. The summed E-state index contributed by atoms with van der Waals surface area (Å²) in [5.74, 6) is -0.102. The maximum absolute atomic E-state index is 13.0. The van der Waals surface area contributed by atoms with Crippen LogP contribution in [0.1, 0.15) is 27.9 Å². The van der Waals surface area contributed by atoms with Crippen LogP contribution in [0.15, 0.2) is 70.8 Å². The van der Waals surface area contributed by atoms with Crippen LogP contribution in [0.5, 0.6) is 0 Å². The minimum Gasteiger partial charge on any atom is -0.368 e. The van der Waals surface area contributed by atoms with Crippen LogP contribution in [-0.2, 0) is 17.9 Å². The van der Waals surface area contributed by atoms with Gasteiger partial charge in [0.25, 0.3) is 5.56 Å². The van der Waals surface area contributed by atoms with Crippen molar-refractivity contribution in [1.82, 2.24) is 14.9 Å². The third kappa shape index (κ3) is 4.17. The summed E-state index contributed by atoms with van der Waals surface area (Å²) in [6, 6.07) is 19.5. The molecule has 4 aromatic rings. The number of amides is 1. The molecule has 0 aliphatic heterocycles. The van der Waals surface area contributed by atoms with Crippen molar-refractivity contribution in [1.29, 1.82) is 0 Å². The van der Waals surface area contributed by atoms with Gasteiger partial charge in [-0.2, -0.15) is 0 Å².